The Morgan fingerprint density at radius 1 is 1.12 bits per heavy atom. The molecule has 6 heteroatoms. The van der Waals surface area contributed by atoms with E-state index in [1.807, 2.05) is 26.0 Å². The van der Waals surface area contributed by atoms with E-state index in [-0.39, 0.29) is 5.56 Å². The van der Waals surface area contributed by atoms with Crippen LogP contribution in [0.3, 0.4) is 0 Å². The number of aromatic carboxylic acids is 1. The zero-order valence-corrected chi connectivity index (χ0v) is 15.2. The zero-order chi connectivity index (χ0) is 17.5. The van der Waals surface area contributed by atoms with E-state index in [0.29, 0.717) is 31.3 Å². The Morgan fingerprint density at radius 2 is 1.79 bits per heavy atom. The van der Waals surface area contributed by atoms with Gasteiger partial charge in [-0.15, -0.1) is 0 Å². The molecule has 2 rings (SSSR count). The third-order valence-electron chi connectivity index (χ3n) is 3.29. The number of carboxylic acids is 1. The summed E-state index contributed by atoms with van der Waals surface area (Å²) in [6.45, 7) is 5.56. The molecule has 0 aliphatic heterocycles. The van der Waals surface area contributed by atoms with Crippen molar-refractivity contribution in [3.63, 3.8) is 0 Å². The van der Waals surface area contributed by atoms with Crippen LogP contribution in [0.2, 0.25) is 0 Å². The number of nitrogens with one attached hydrogen (secondary N) is 1. The molecule has 0 radical (unpaired) electrons. The second kappa shape index (κ2) is 8.59. The number of carboxylic acid groups (broad SMARTS) is 1. The second-order valence-corrected chi connectivity index (χ2v) is 5.86. The molecule has 0 bridgehead atoms. The fourth-order valence-corrected chi connectivity index (χ4v) is 2.81. The summed E-state index contributed by atoms with van der Waals surface area (Å²) in [5.74, 6) is 0.471. The molecule has 0 atom stereocenters. The Labute approximate surface area is 149 Å². The fraction of sp³-hybridized carbons (Fsp3) is 0.278. The number of hydrogen-bond donors (Lipinski definition) is 2. The van der Waals surface area contributed by atoms with Gasteiger partial charge in [-0.25, -0.2) is 4.79 Å². The Kier molecular flexibility index (Phi) is 6.49. The molecule has 0 amide bonds. The van der Waals surface area contributed by atoms with Crippen molar-refractivity contribution in [3.8, 4) is 11.5 Å². The molecule has 0 aliphatic rings. The van der Waals surface area contributed by atoms with Crippen LogP contribution < -0.4 is 14.8 Å². The molecule has 2 N–H and O–H groups in total. The van der Waals surface area contributed by atoms with Gasteiger partial charge in [0.1, 0.15) is 0 Å². The topological polar surface area (TPSA) is 67.8 Å². The standard InChI is InChI=1S/C18H20BrNO4/c1-3-23-16-10-12(9-15(19)17(16)24-4-2)11-20-14-7-5-13(6-8-14)18(21)22/h5-10,20H,3-4,11H2,1-2H3,(H,21,22). The maximum Gasteiger partial charge on any atom is 0.335 e. The quantitative estimate of drug-likeness (QED) is 0.687. The van der Waals surface area contributed by atoms with Crippen LogP contribution in [-0.4, -0.2) is 24.3 Å². The Morgan fingerprint density at radius 3 is 2.38 bits per heavy atom. The van der Waals surface area contributed by atoms with E-state index >= 15 is 0 Å². The molecule has 0 fully saturated rings. The summed E-state index contributed by atoms with van der Waals surface area (Å²) in [6, 6.07) is 10.6. The van der Waals surface area contributed by atoms with Gasteiger partial charge in [-0.2, -0.15) is 0 Å². The van der Waals surface area contributed by atoms with E-state index in [0.717, 1.165) is 15.7 Å². The maximum absolute atomic E-state index is 10.9. The second-order valence-electron chi connectivity index (χ2n) is 5.01. The van der Waals surface area contributed by atoms with Crippen LogP contribution in [0.5, 0.6) is 11.5 Å². The van der Waals surface area contributed by atoms with Gasteiger partial charge in [0.15, 0.2) is 11.5 Å². The van der Waals surface area contributed by atoms with Crippen molar-refractivity contribution >= 4 is 27.6 Å². The molecular formula is C18H20BrNO4. The molecule has 2 aromatic rings. The van der Waals surface area contributed by atoms with Crippen molar-refractivity contribution in [2.24, 2.45) is 0 Å². The van der Waals surface area contributed by atoms with Crippen LogP contribution in [0.4, 0.5) is 5.69 Å². The highest BCUT2D eigenvalue weighted by atomic mass is 79.9. The lowest BCUT2D eigenvalue weighted by Crippen LogP contribution is -2.04. The molecule has 0 saturated heterocycles. The first-order valence-electron chi connectivity index (χ1n) is 7.70. The Bertz CT molecular complexity index is 701. The van der Waals surface area contributed by atoms with E-state index in [4.69, 9.17) is 14.6 Å². The molecular weight excluding hydrogens is 374 g/mol. The van der Waals surface area contributed by atoms with Crippen molar-refractivity contribution in [1.29, 1.82) is 0 Å². The number of rotatable bonds is 8. The van der Waals surface area contributed by atoms with E-state index in [1.165, 1.54) is 0 Å². The number of ether oxygens (including phenoxy) is 2. The van der Waals surface area contributed by atoms with E-state index < -0.39 is 5.97 Å². The Balaban J connectivity index is 2.12. The molecule has 0 aliphatic carbocycles. The van der Waals surface area contributed by atoms with Crippen molar-refractivity contribution in [3.05, 3.63) is 52.0 Å². The van der Waals surface area contributed by atoms with E-state index in [9.17, 15) is 4.79 Å². The normalized spacial score (nSPS) is 10.3. The number of anilines is 1. The molecule has 2 aromatic carbocycles. The highest BCUT2D eigenvalue weighted by molar-refractivity contribution is 9.10. The van der Waals surface area contributed by atoms with E-state index in [2.05, 4.69) is 21.2 Å². The van der Waals surface area contributed by atoms with E-state index in [1.54, 1.807) is 24.3 Å². The van der Waals surface area contributed by atoms with Gasteiger partial charge in [-0.3, -0.25) is 0 Å². The van der Waals surface area contributed by atoms with Gasteiger partial charge in [-0.1, -0.05) is 0 Å². The van der Waals surface area contributed by atoms with Gasteiger partial charge in [-0.05, 0) is 71.7 Å². The van der Waals surface area contributed by atoms with Crippen molar-refractivity contribution in [2.75, 3.05) is 18.5 Å². The fourth-order valence-electron chi connectivity index (χ4n) is 2.21. The van der Waals surface area contributed by atoms with Crippen LogP contribution in [0, 0.1) is 0 Å². The predicted molar refractivity (Wildman–Crippen MR) is 97.2 cm³/mol. The lowest BCUT2D eigenvalue weighted by molar-refractivity contribution is 0.0697. The van der Waals surface area contributed by atoms with Gasteiger partial charge in [0.2, 0.25) is 0 Å². The summed E-state index contributed by atoms with van der Waals surface area (Å²) in [6.07, 6.45) is 0. The minimum Gasteiger partial charge on any atom is -0.490 e. The molecule has 0 heterocycles. The first-order valence-corrected chi connectivity index (χ1v) is 8.49. The van der Waals surface area contributed by atoms with Crippen molar-refractivity contribution in [2.45, 2.75) is 20.4 Å². The minimum absolute atomic E-state index is 0.267. The zero-order valence-electron chi connectivity index (χ0n) is 13.6. The smallest absolute Gasteiger partial charge is 0.335 e. The third kappa shape index (κ3) is 4.64. The highest BCUT2D eigenvalue weighted by Crippen LogP contribution is 2.37. The van der Waals surface area contributed by atoms with Crippen molar-refractivity contribution < 1.29 is 19.4 Å². The molecule has 24 heavy (non-hydrogen) atoms. The summed E-state index contributed by atoms with van der Waals surface area (Å²) in [7, 11) is 0. The molecule has 0 spiro atoms. The molecule has 0 unspecified atom stereocenters. The number of hydrogen-bond acceptors (Lipinski definition) is 4. The van der Waals surface area contributed by atoms with Crippen LogP contribution in [0.25, 0.3) is 0 Å². The van der Waals surface area contributed by atoms with Gasteiger partial charge < -0.3 is 19.9 Å². The lowest BCUT2D eigenvalue weighted by atomic mass is 10.1. The molecule has 0 aromatic heterocycles. The van der Waals surface area contributed by atoms with Crippen LogP contribution in [0.1, 0.15) is 29.8 Å². The summed E-state index contributed by atoms with van der Waals surface area (Å²) >= 11 is 3.52. The molecule has 0 saturated carbocycles. The highest BCUT2D eigenvalue weighted by Gasteiger charge is 2.12. The number of halogens is 1. The first kappa shape index (κ1) is 18.1. The molecule has 5 nitrogen and oxygen atoms in total. The van der Waals surface area contributed by atoms with Gasteiger partial charge in [0.25, 0.3) is 0 Å². The largest absolute Gasteiger partial charge is 0.490 e. The average Bonchev–Trinajstić information content (AvgIpc) is 2.56. The maximum atomic E-state index is 10.9. The number of benzene rings is 2. The monoisotopic (exact) mass is 393 g/mol. The summed E-state index contributed by atoms with van der Waals surface area (Å²) in [4.78, 5) is 10.9. The van der Waals surface area contributed by atoms with Crippen LogP contribution >= 0.6 is 15.9 Å². The summed E-state index contributed by atoms with van der Waals surface area (Å²) < 4.78 is 12.1. The third-order valence-corrected chi connectivity index (χ3v) is 3.88. The summed E-state index contributed by atoms with van der Waals surface area (Å²) in [5, 5.41) is 12.2. The SMILES string of the molecule is CCOc1cc(CNc2ccc(C(=O)O)cc2)cc(Br)c1OCC. The van der Waals surface area contributed by atoms with Gasteiger partial charge >= 0.3 is 5.97 Å². The van der Waals surface area contributed by atoms with Crippen LogP contribution in [-0.2, 0) is 6.54 Å². The van der Waals surface area contributed by atoms with Gasteiger partial charge in [0.05, 0.1) is 23.2 Å². The summed E-state index contributed by atoms with van der Waals surface area (Å²) in [5.41, 5.74) is 2.14. The Hall–Kier alpha value is -2.21. The van der Waals surface area contributed by atoms with Crippen LogP contribution in [0.15, 0.2) is 40.9 Å². The average molecular weight is 394 g/mol. The predicted octanol–water partition coefficient (Wildman–Crippen LogP) is 4.56. The molecule has 128 valence electrons. The lowest BCUT2D eigenvalue weighted by Gasteiger charge is -2.15. The first-order chi connectivity index (χ1) is 11.5. The van der Waals surface area contributed by atoms with Crippen molar-refractivity contribution in [1.82, 2.24) is 0 Å². The van der Waals surface area contributed by atoms with Gasteiger partial charge in [0, 0.05) is 12.2 Å². The number of carbonyl (C=O) groups is 1. The minimum atomic E-state index is -0.932.